The second-order valence-corrected chi connectivity index (χ2v) is 5.16. The lowest BCUT2D eigenvalue weighted by atomic mass is 10.1. The maximum absolute atomic E-state index is 11.4. The van der Waals surface area contributed by atoms with Gasteiger partial charge >= 0.3 is 0 Å². The molecule has 1 saturated heterocycles. The molecule has 0 saturated carbocycles. The van der Waals surface area contributed by atoms with Crippen molar-refractivity contribution in [3.05, 3.63) is 0 Å². The van der Waals surface area contributed by atoms with E-state index >= 15 is 0 Å². The zero-order chi connectivity index (χ0) is 11.5. The van der Waals surface area contributed by atoms with Crippen molar-refractivity contribution in [2.24, 2.45) is 0 Å². The highest BCUT2D eigenvalue weighted by atomic mass is 79.9. The Balaban J connectivity index is 2.33. The number of carbonyl (C=O) groups is 1. The van der Waals surface area contributed by atoms with E-state index in [1.807, 2.05) is 18.7 Å². The number of alkyl halides is 1. The number of β-amino-alcohol motifs (C(OH)–C–C–N with tert-alkyl or cyclic N) is 1. The maximum Gasteiger partial charge on any atom is 0.233 e. The highest BCUT2D eigenvalue weighted by Crippen LogP contribution is 2.09. The quantitative estimate of drug-likeness (QED) is 0.756. The first-order valence-electron chi connectivity index (χ1n) is 5.21. The van der Waals surface area contributed by atoms with E-state index in [2.05, 4.69) is 20.8 Å². The molecule has 88 valence electrons. The molecule has 0 aliphatic carbocycles. The van der Waals surface area contributed by atoms with Crippen molar-refractivity contribution in [3.63, 3.8) is 0 Å². The van der Waals surface area contributed by atoms with Gasteiger partial charge in [0.15, 0.2) is 0 Å². The lowest BCUT2D eigenvalue weighted by Gasteiger charge is -2.37. The number of hydrogen-bond donors (Lipinski definition) is 1. The fourth-order valence-electron chi connectivity index (χ4n) is 1.79. The summed E-state index contributed by atoms with van der Waals surface area (Å²) in [5, 5.41) is 10.1. The summed E-state index contributed by atoms with van der Waals surface area (Å²) in [4.78, 5) is 15.4. The zero-order valence-electron chi connectivity index (χ0n) is 9.37. The van der Waals surface area contributed by atoms with E-state index in [1.165, 1.54) is 0 Å². The Bertz CT molecular complexity index is 220. The highest BCUT2D eigenvalue weighted by molar-refractivity contribution is 9.09. The molecule has 0 radical (unpaired) electrons. The zero-order valence-corrected chi connectivity index (χ0v) is 11.0. The van der Waals surface area contributed by atoms with Crippen molar-refractivity contribution in [1.82, 2.24) is 9.80 Å². The molecule has 15 heavy (non-hydrogen) atoms. The predicted octanol–water partition coefficient (Wildman–Crippen LogP) is 0.296. The van der Waals surface area contributed by atoms with Gasteiger partial charge in [-0.2, -0.15) is 0 Å². The molecule has 1 heterocycles. The number of amides is 1. The van der Waals surface area contributed by atoms with E-state index in [9.17, 15) is 9.90 Å². The molecule has 1 aliphatic rings. The van der Waals surface area contributed by atoms with Crippen LogP contribution in [0.5, 0.6) is 0 Å². The van der Waals surface area contributed by atoms with Crippen LogP contribution in [0.2, 0.25) is 0 Å². The van der Waals surface area contributed by atoms with Gasteiger partial charge in [-0.3, -0.25) is 9.69 Å². The molecule has 1 aliphatic heterocycles. The van der Waals surface area contributed by atoms with Crippen LogP contribution in [-0.2, 0) is 4.79 Å². The van der Waals surface area contributed by atoms with Gasteiger partial charge in [0.1, 0.15) is 0 Å². The first kappa shape index (κ1) is 12.9. The number of nitrogens with zero attached hydrogens (tertiary/aromatic N) is 2. The molecule has 1 fully saturated rings. The van der Waals surface area contributed by atoms with E-state index in [-0.39, 0.29) is 5.91 Å². The molecule has 0 aromatic heterocycles. The normalized spacial score (nSPS) is 19.3. The van der Waals surface area contributed by atoms with Gasteiger partial charge in [-0.1, -0.05) is 15.9 Å². The standard InChI is InChI=1S/C10H19BrN2O2/c1-10(2,15)8-12-3-5-13(6-4-12)9(14)7-11/h15H,3-8H2,1-2H3. The SMILES string of the molecule is CC(C)(O)CN1CCN(C(=O)CBr)CC1. The van der Waals surface area contributed by atoms with Crippen LogP contribution in [0.25, 0.3) is 0 Å². The predicted molar refractivity (Wildman–Crippen MR) is 63.1 cm³/mol. The van der Waals surface area contributed by atoms with Gasteiger partial charge in [0.05, 0.1) is 10.9 Å². The lowest BCUT2D eigenvalue weighted by molar-refractivity contribution is -0.130. The van der Waals surface area contributed by atoms with Gasteiger partial charge in [0.2, 0.25) is 5.91 Å². The lowest BCUT2D eigenvalue weighted by Crippen LogP contribution is -2.52. The van der Waals surface area contributed by atoms with Crippen LogP contribution in [0.15, 0.2) is 0 Å². The molecule has 1 rings (SSSR count). The molecule has 0 aromatic carbocycles. The largest absolute Gasteiger partial charge is 0.389 e. The highest BCUT2D eigenvalue weighted by Gasteiger charge is 2.24. The minimum absolute atomic E-state index is 0.151. The Morgan fingerprint density at radius 3 is 2.27 bits per heavy atom. The molecule has 1 N–H and O–H groups in total. The maximum atomic E-state index is 11.4. The fraction of sp³-hybridized carbons (Fsp3) is 0.900. The van der Waals surface area contributed by atoms with Crippen molar-refractivity contribution in [1.29, 1.82) is 0 Å². The summed E-state index contributed by atoms with van der Waals surface area (Å²) < 4.78 is 0. The molecular weight excluding hydrogens is 260 g/mol. The molecule has 4 nitrogen and oxygen atoms in total. The molecule has 5 heteroatoms. The van der Waals surface area contributed by atoms with Gasteiger partial charge in [-0.25, -0.2) is 0 Å². The molecule has 0 unspecified atom stereocenters. The topological polar surface area (TPSA) is 43.8 Å². The first-order chi connectivity index (χ1) is 6.92. The molecule has 0 atom stereocenters. The van der Waals surface area contributed by atoms with Crippen LogP contribution >= 0.6 is 15.9 Å². The van der Waals surface area contributed by atoms with E-state index in [1.54, 1.807) is 0 Å². The summed E-state index contributed by atoms with van der Waals surface area (Å²) in [6.07, 6.45) is 0. The second kappa shape index (κ2) is 5.27. The summed E-state index contributed by atoms with van der Waals surface area (Å²) in [5.74, 6) is 0.151. The third kappa shape index (κ3) is 4.49. The Morgan fingerprint density at radius 1 is 1.33 bits per heavy atom. The van der Waals surface area contributed by atoms with E-state index in [4.69, 9.17) is 0 Å². The summed E-state index contributed by atoms with van der Waals surface area (Å²) in [5.41, 5.74) is -0.651. The number of aliphatic hydroxyl groups is 1. The molecule has 1 amide bonds. The summed E-state index contributed by atoms with van der Waals surface area (Å²) >= 11 is 3.17. The van der Waals surface area contributed by atoms with Crippen molar-refractivity contribution in [3.8, 4) is 0 Å². The van der Waals surface area contributed by atoms with Crippen LogP contribution in [-0.4, -0.2) is 64.5 Å². The average Bonchev–Trinajstić information content (AvgIpc) is 2.15. The van der Waals surface area contributed by atoms with Crippen LogP contribution in [0.3, 0.4) is 0 Å². The van der Waals surface area contributed by atoms with Gasteiger partial charge in [-0.15, -0.1) is 0 Å². The number of rotatable bonds is 3. The van der Waals surface area contributed by atoms with Gasteiger partial charge in [-0.05, 0) is 13.8 Å². The van der Waals surface area contributed by atoms with Crippen molar-refractivity contribution in [2.45, 2.75) is 19.4 Å². The van der Waals surface area contributed by atoms with Gasteiger partial charge in [0, 0.05) is 32.7 Å². The summed E-state index contributed by atoms with van der Waals surface area (Å²) in [6, 6.07) is 0. The van der Waals surface area contributed by atoms with E-state index < -0.39 is 5.60 Å². The average molecular weight is 279 g/mol. The molecule has 0 spiro atoms. The Labute approximate surface area is 99.4 Å². The summed E-state index contributed by atoms with van der Waals surface area (Å²) in [6.45, 7) is 7.52. The van der Waals surface area contributed by atoms with Crippen molar-refractivity contribution < 1.29 is 9.90 Å². The first-order valence-corrected chi connectivity index (χ1v) is 6.33. The minimum atomic E-state index is -0.651. The smallest absolute Gasteiger partial charge is 0.233 e. The van der Waals surface area contributed by atoms with Gasteiger partial charge in [0.25, 0.3) is 0 Å². The monoisotopic (exact) mass is 278 g/mol. The third-order valence-corrected chi connectivity index (χ3v) is 2.93. The number of hydrogen-bond acceptors (Lipinski definition) is 3. The summed E-state index contributed by atoms with van der Waals surface area (Å²) in [7, 11) is 0. The second-order valence-electron chi connectivity index (χ2n) is 4.60. The van der Waals surface area contributed by atoms with Crippen LogP contribution in [0, 0.1) is 0 Å². The van der Waals surface area contributed by atoms with Crippen molar-refractivity contribution >= 4 is 21.8 Å². The van der Waals surface area contributed by atoms with E-state index in [0.29, 0.717) is 11.9 Å². The van der Waals surface area contributed by atoms with E-state index in [0.717, 1.165) is 26.2 Å². The molecule has 0 bridgehead atoms. The Morgan fingerprint density at radius 2 is 1.87 bits per heavy atom. The minimum Gasteiger partial charge on any atom is -0.389 e. The van der Waals surface area contributed by atoms with Crippen molar-refractivity contribution in [2.75, 3.05) is 38.1 Å². The van der Waals surface area contributed by atoms with Crippen LogP contribution in [0.1, 0.15) is 13.8 Å². The number of piperazine rings is 1. The fourth-order valence-corrected chi connectivity index (χ4v) is 2.14. The third-order valence-electron chi connectivity index (χ3n) is 2.45. The van der Waals surface area contributed by atoms with Crippen LogP contribution < -0.4 is 0 Å². The molecular formula is C10H19BrN2O2. The Kier molecular flexibility index (Phi) is 4.55. The Hall–Kier alpha value is -0.130. The number of halogens is 1. The van der Waals surface area contributed by atoms with Gasteiger partial charge < -0.3 is 10.0 Å². The van der Waals surface area contributed by atoms with Crippen LogP contribution in [0.4, 0.5) is 0 Å². The molecule has 0 aromatic rings. The number of carbonyl (C=O) groups excluding carboxylic acids is 1.